The van der Waals surface area contributed by atoms with Crippen molar-refractivity contribution in [3.8, 4) is 17.1 Å². The number of allylic oxidation sites excluding steroid dienone is 3. The minimum absolute atomic E-state index is 0.0808. The maximum Gasteiger partial charge on any atom is 0.179 e. The molecular weight excluding hydrogens is 615 g/mol. The van der Waals surface area contributed by atoms with E-state index in [1.807, 2.05) is 36.4 Å². The van der Waals surface area contributed by atoms with E-state index in [-0.39, 0.29) is 29.6 Å². The molecule has 2 aromatic heterocycles. The smallest absolute Gasteiger partial charge is 0.179 e. The molecule has 0 unspecified atom stereocenters. The summed E-state index contributed by atoms with van der Waals surface area (Å²) in [5.74, 6) is 1.94. The van der Waals surface area contributed by atoms with Gasteiger partial charge >= 0.3 is 0 Å². The molecule has 230 valence electrons. The highest BCUT2D eigenvalue weighted by Crippen LogP contribution is 2.33. The van der Waals surface area contributed by atoms with Gasteiger partial charge in [0.15, 0.2) is 9.84 Å². The van der Waals surface area contributed by atoms with Crippen molar-refractivity contribution in [2.45, 2.75) is 13.2 Å². The first kappa shape index (κ1) is 31.6. The van der Waals surface area contributed by atoms with Gasteiger partial charge in [-0.15, -0.1) is 0 Å². The minimum atomic E-state index is -3.46. The Morgan fingerprint density at radius 1 is 1.04 bits per heavy atom. The second-order valence-corrected chi connectivity index (χ2v) is 12.4. The van der Waals surface area contributed by atoms with E-state index in [1.165, 1.54) is 36.7 Å². The molecule has 2 heterocycles. The van der Waals surface area contributed by atoms with Gasteiger partial charge in [0.1, 0.15) is 41.8 Å². The maximum absolute atomic E-state index is 13.5. The highest BCUT2D eigenvalue weighted by Gasteiger charge is 2.15. The van der Waals surface area contributed by atoms with Crippen molar-refractivity contribution >= 4 is 43.8 Å². The summed E-state index contributed by atoms with van der Waals surface area (Å²) in [6.45, 7) is 7.89. The summed E-state index contributed by atoms with van der Waals surface area (Å²) in [6.07, 6.45) is 5.64. The van der Waals surface area contributed by atoms with Crippen LogP contribution in [0, 0.1) is 5.82 Å². The summed E-state index contributed by atoms with van der Waals surface area (Å²) in [5.41, 5.74) is 2.94. The standard InChI is InChI=1S/C34H30ClFN4O4S/c1-3-6-28(4-2)45(41,42)16-15-37-20-27-11-14-32(44-27)24-9-12-31-29(18-24)34(39-22-38-31)40-26-10-13-33(30(35)19-26)43-21-23-7-5-8-25(36)17-23/h3-14,17-19,22,37H,1-2,15-16,20-21H2,(H,38,39,40)/b28-6+. The number of hydrogen-bond donors (Lipinski definition) is 2. The molecule has 0 amide bonds. The van der Waals surface area contributed by atoms with E-state index < -0.39 is 9.84 Å². The molecule has 0 fully saturated rings. The molecule has 3 aromatic carbocycles. The van der Waals surface area contributed by atoms with Crippen LogP contribution in [-0.2, 0) is 23.0 Å². The number of anilines is 2. The van der Waals surface area contributed by atoms with Crippen molar-refractivity contribution in [1.82, 2.24) is 15.3 Å². The number of nitrogens with one attached hydrogen (secondary N) is 2. The van der Waals surface area contributed by atoms with Gasteiger partial charge in [-0.3, -0.25) is 0 Å². The molecule has 0 aliphatic rings. The lowest BCUT2D eigenvalue weighted by molar-refractivity contribution is 0.306. The number of halogens is 2. The van der Waals surface area contributed by atoms with Gasteiger partial charge in [0, 0.05) is 23.2 Å². The zero-order chi connectivity index (χ0) is 31.8. The van der Waals surface area contributed by atoms with Crippen molar-refractivity contribution in [3.63, 3.8) is 0 Å². The van der Waals surface area contributed by atoms with Crippen molar-refractivity contribution in [1.29, 1.82) is 0 Å². The largest absolute Gasteiger partial charge is 0.487 e. The normalized spacial score (nSPS) is 11.8. The topological polar surface area (TPSA) is 106 Å². The SMILES string of the molecule is C=C/C=C(\C=C)S(=O)(=O)CCNCc1ccc(-c2ccc3ncnc(Nc4ccc(OCc5cccc(F)c5)c(Cl)c4)c3c2)o1. The molecular formula is C34H30ClFN4O4S. The lowest BCUT2D eigenvalue weighted by Gasteiger charge is -2.12. The van der Waals surface area contributed by atoms with E-state index in [2.05, 4.69) is 33.8 Å². The quantitative estimate of drug-likeness (QED) is 0.0933. The van der Waals surface area contributed by atoms with Crippen LogP contribution in [0.3, 0.4) is 0 Å². The van der Waals surface area contributed by atoms with Crippen LogP contribution in [0.4, 0.5) is 15.9 Å². The van der Waals surface area contributed by atoms with Crippen LogP contribution < -0.4 is 15.4 Å². The molecule has 11 heteroatoms. The van der Waals surface area contributed by atoms with E-state index >= 15 is 0 Å². The number of fused-ring (bicyclic) bond motifs is 1. The number of benzene rings is 3. The van der Waals surface area contributed by atoms with Gasteiger partial charge in [0.05, 0.1) is 27.7 Å². The van der Waals surface area contributed by atoms with Crippen LogP contribution in [0.2, 0.25) is 5.02 Å². The number of nitrogens with zero attached hydrogens (tertiary/aromatic N) is 2. The first-order valence-corrected chi connectivity index (χ1v) is 15.9. The van der Waals surface area contributed by atoms with Gasteiger partial charge in [-0.1, -0.05) is 49.0 Å². The molecule has 8 nitrogen and oxygen atoms in total. The number of rotatable bonds is 14. The second kappa shape index (κ2) is 14.3. The lowest BCUT2D eigenvalue weighted by Crippen LogP contribution is -2.23. The van der Waals surface area contributed by atoms with E-state index in [0.29, 0.717) is 45.9 Å². The third kappa shape index (κ3) is 8.04. The van der Waals surface area contributed by atoms with Gasteiger partial charge in [0.25, 0.3) is 0 Å². The minimum Gasteiger partial charge on any atom is -0.487 e. The monoisotopic (exact) mass is 644 g/mol. The fraction of sp³-hybridized carbons (Fsp3) is 0.118. The second-order valence-electron chi connectivity index (χ2n) is 9.91. The molecule has 0 bridgehead atoms. The third-order valence-corrected chi connectivity index (χ3v) is 8.81. The van der Waals surface area contributed by atoms with E-state index in [0.717, 1.165) is 16.5 Å². The van der Waals surface area contributed by atoms with Gasteiger partial charge in [-0.2, -0.15) is 0 Å². The molecule has 5 rings (SSSR count). The highest BCUT2D eigenvalue weighted by atomic mass is 35.5. The predicted molar refractivity (Wildman–Crippen MR) is 177 cm³/mol. The summed E-state index contributed by atoms with van der Waals surface area (Å²) in [5, 5.41) is 7.57. The number of furan rings is 1. The molecule has 5 aromatic rings. The zero-order valence-corrected chi connectivity index (χ0v) is 25.7. The number of ether oxygens (including phenoxy) is 1. The molecule has 2 N–H and O–H groups in total. The van der Waals surface area contributed by atoms with Gasteiger partial charge < -0.3 is 19.8 Å². The summed E-state index contributed by atoms with van der Waals surface area (Å²) in [4.78, 5) is 8.97. The Balaban J connectivity index is 1.25. The van der Waals surface area contributed by atoms with Crippen LogP contribution in [0.15, 0.2) is 120 Å². The van der Waals surface area contributed by atoms with E-state index in [9.17, 15) is 12.8 Å². The third-order valence-electron chi connectivity index (χ3n) is 6.75. The van der Waals surface area contributed by atoms with Gasteiger partial charge in [-0.05, 0) is 72.3 Å². The van der Waals surface area contributed by atoms with E-state index in [4.69, 9.17) is 20.8 Å². The average Bonchev–Trinajstić information content (AvgIpc) is 3.50. The van der Waals surface area contributed by atoms with Crippen LogP contribution >= 0.6 is 11.6 Å². The molecule has 0 radical (unpaired) electrons. The Labute approximate surface area is 265 Å². The number of sulfone groups is 1. The first-order chi connectivity index (χ1) is 21.8. The number of aromatic nitrogens is 2. The number of hydrogen-bond acceptors (Lipinski definition) is 8. The van der Waals surface area contributed by atoms with Gasteiger partial charge in [-0.25, -0.2) is 22.8 Å². The summed E-state index contributed by atoms with van der Waals surface area (Å²) in [7, 11) is -3.46. The molecule has 0 saturated heterocycles. The molecule has 0 aliphatic heterocycles. The molecule has 0 saturated carbocycles. The highest BCUT2D eigenvalue weighted by molar-refractivity contribution is 7.95. The molecule has 0 atom stereocenters. The van der Waals surface area contributed by atoms with E-state index in [1.54, 1.807) is 24.3 Å². The fourth-order valence-corrected chi connectivity index (χ4v) is 5.95. The Kier molecular flexibility index (Phi) is 10.1. The van der Waals surface area contributed by atoms with Gasteiger partial charge in [0.2, 0.25) is 0 Å². The Bertz CT molecular complexity index is 1990. The molecule has 0 aliphatic carbocycles. The molecule has 45 heavy (non-hydrogen) atoms. The average molecular weight is 645 g/mol. The van der Waals surface area contributed by atoms with Crippen molar-refractivity contribution in [3.05, 3.63) is 138 Å². The first-order valence-electron chi connectivity index (χ1n) is 13.9. The van der Waals surface area contributed by atoms with Crippen LogP contribution in [0.25, 0.3) is 22.2 Å². The fourth-order valence-electron chi connectivity index (χ4n) is 4.51. The van der Waals surface area contributed by atoms with Crippen LogP contribution in [0.1, 0.15) is 11.3 Å². The summed E-state index contributed by atoms with van der Waals surface area (Å²) >= 11 is 6.49. The van der Waals surface area contributed by atoms with Crippen LogP contribution in [0.5, 0.6) is 5.75 Å². The Morgan fingerprint density at radius 2 is 1.91 bits per heavy atom. The predicted octanol–water partition coefficient (Wildman–Crippen LogP) is 7.77. The van der Waals surface area contributed by atoms with Crippen molar-refractivity contribution < 1.29 is 22.0 Å². The van der Waals surface area contributed by atoms with Crippen molar-refractivity contribution in [2.75, 3.05) is 17.6 Å². The zero-order valence-electron chi connectivity index (χ0n) is 24.2. The Hall–Kier alpha value is -4.77. The Morgan fingerprint density at radius 3 is 2.69 bits per heavy atom. The lowest BCUT2D eigenvalue weighted by atomic mass is 10.1. The summed E-state index contributed by atoms with van der Waals surface area (Å²) < 4.78 is 50.2. The summed E-state index contributed by atoms with van der Waals surface area (Å²) in [6, 6.07) is 20.9. The van der Waals surface area contributed by atoms with Crippen molar-refractivity contribution in [2.24, 2.45) is 0 Å². The van der Waals surface area contributed by atoms with Crippen LogP contribution in [-0.4, -0.2) is 30.7 Å². The maximum atomic E-state index is 13.5. The molecule has 0 spiro atoms.